The third-order valence-electron chi connectivity index (χ3n) is 0.337. The lowest BCUT2D eigenvalue weighted by Crippen LogP contribution is -2.13. The van der Waals surface area contributed by atoms with Gasteiger partial charge < -0.3 is 9.94 Å². The fourth-order valence-corrected chi connectivity index (χ4v) is 0.139. The van der Waals surface area contributed by atoms with Crippen LogP contribution in [0, 0.1) is 0 Å². The highest BCUT2D eigenvalue weighted by molar-refractivity contribution is 5.85. The fourth-order valence-electron chi connectivity index (χ4n) is 0.139. The van der Waals surface area contributed by atoms with Gasteiger partial charge >= 0.3 is 0 Å². The van der Waals surface area contributed by atoms with E-state index in [2.05, 4.69) is 10.7 Å². The molecule has 0 fully saturated rings. The molecule has 3 nitrogen and oxygen atoms in total. The molecule has 0 aliphatic heterocycles. The van der Waals surface area contributed by atoms with E-state index in [0.29, 0.717) is 0 Å². The van der Waals surface area contributed by atoms with E-state index in [1.165, 1.54) is 0 Å². The second-order valence-corrected chi connectivity index (χ2v) is 1.18. The molecule has 0 aliphatic rings. The minimum Gasteiger partial charge on any atom is -0.391 e. The van der Waals surface area contributed by atoms with Gasteiger partial charge in [0.25, 0.3) is 0 Å². The van der Waals surface area contributed by atoms with E-state index < -0.39 is 6.10 Å². The first kappa shape index (κ1) is 10.2. The summed E-state index contributed by atoms with van der Waals surface area (Å²) in [6.45, 7) is 1.81. The second-order valence-electron chi connectivity index (χ2n) is 1.18. The molecule has 0 aromatic rings. The number of rotatable bonds is 2. The van der Waals surface area contributed by atoms with Gasteiger partial charge in [0.2, 0.25) is 0 Å². The fraction of sp³-hybridized carbons (Fsp3) is 1.00. The van der Waals surface area contributed by atoms with Gasteiger partial charge in [0.05, 0.1) is 12.7 Å². The van der Waals surface area contributed by atoms with Crippen molar-refractivity contribution in [3.05, 3.63) is 0 Å². The molecule has 46 valence electrons. The molecular weight excluding hydrogens is 117 g/mol. The summed E-state index contributed by atoms with van der Waals surface area (Å²) in [7, 11) is 0. The van der Waals surface area contributed by atoms with Gasteiger partial charge in [-0.05, 0) is 6.92 Å². The molecular formula is C3H10ClNO2. The van der Waals surface area contributed by atoms with Crippen molar-refractivity contribution >= 4 is 12.4 Å². The van der Waals surface area contributed by atoms with Crippen molar-refractivity contribution in [2.75, 3.05) is 6.61 Å². The van der Waals surface area contributed by atoms with Gasteiger partial charge in [0.1, 0.15) is 0 Å². The van der Waals surface area contributed by atoms with E-state index in [1.54, 1.807) is 6.92 Å². The van der Waals surface area contributed by atoms with Gasteiger partial charge in [-0.2, -0.15) is 0 Å². The molecule has 1 unspecified atom stereocenters. The summed E-state index contributed by atoms with van der Waals surface area (Å²) < 4.78 is 0. The van der Waals surface area contributed by atoms with Crippen molar-refractivity contribution < 1.29 is 9.94 Å². The maximum atomic E-state index is 8.35. The van der Waals surface area contributed by atoms with Gasteiger partial charge in [0, 0.05) is 0 Å². The van der Waals surface area contributed by atoms with Gasteiger partial charge in [0.15, 0.2) is 0 Å². The van der Waals surface area contributed by atoms with E-state index in [1.807, 2.05) is 0 Å². The summed E-state index contributed by atoms with van der Waals surface area (Å²) in [4.78, 5) is 4.05. The van der Waals surface area contributed by atoms with Crippen LogP contribution in [0.15, 0.2) is 0 Å². The maximum Gasteiger partial charge on any atom is 0.0935 e. The zero-order valence-corrected chi connectivity index (χ0v) is 4.94. The summed E-state index contributed by atoms with van der Waals surface area (Å²) in [6.07, 6.45) is -0.449. The second kappa shape index (κ2) is 6.17. The molecule has 0 aromatic carbocycles. The number of aliphatic hydroxyl groups is 1. The Kier molecular flexibility index (Phi) is 9.00. The van der Waals surface area contributed by atoms with Crippen LogP contribution in [0.2, 0.25) is 0 Å². The summed E-state index contributed by atoms with van der Waals surface area (Å²) in [6, 6.07) is 0. The molecule has 0 rings (SSSR count). The standard InChI is InChI=1S/C3H9NO2.ClH/c1-3(5)2-6-4;/h3,5H,2,4H2,1H3;1H. The van der Waals surface area contributed by atoms with Crippen molar-refractivity contribution in [2.45, 2.75) is 13.0 Å². The van der Waals surface area contributed by atoms with Crippen molar-refractivity contribution in [3.8, 4) is 0 Å². The highest BCUT2D eigenvalue weighted by atomic mass is 35.5. The predicted molar refractivity (Wildman–Crippen MR) is 29.1 cm³/mol. The van der Waals surface area contributed by atoms with Crippen LogP contribution in [0.25, 0.3) is 0 Å². The molecule has 0 spiro atoms. The smallest absolute Gasteiger partial charge is 0.0935 e. The Balaban J connectivity index is 0. The molecule has 0 saturated heterocycles. The van der Waals surface area contributed by atoms with E-state index >= 15 is 0 Å². The van der Waals surface area contributed by atoms with Gasteiger partial charge in [-0.25, -0.2) is 5.90 Å². The molecule has 4 heteroatoms. The molecule has 0 bridgehead atoms. The Morgan fingerprint density at radius 1 is 1.86 bits per heavy atom. The first-order valence-corrected chi connectivity index (χ1v) is 1.77. The van der Waals surface area contributed by atoms with Gasteiger partial charge in [-0.15, -0.1) is 12.4 Å². The Morgan fingerprint density at radius 3 is 2.29 bits per heavy atom. The first-order chi connectivity index (χ1) is 2.77. The van der Waals surface area contributed by atoms with E-state index in [9.17, 15) is 0 Å². The zero-order valence-electron chi connectivity index (χ0n) is 4.13. The quantitative estimate of drug-likeness (QED) is 0.500. The summed E-state index contributed by atoms with van der Waals surface area (Å²) in [5.74, 6) is 4.57. The largest absolute Gasteiger partial charge is 0.391 e. The van der Waals surface area contributed by atoms with E-state index in [4.69, 9.17) is 5.11 Å². The highest BCUT2D eigenvalue weighted by Gasteiger charge is 1.88. The molecule has 0 aliphatic carbocycles. The van der Waals surface area contributed by atoms with Gasteiger partial charge in [-0.3, -0.25) is 0 Å². The molecule has 0 heterocycles. The molecule has 0 aromatic heterocycles. The minimum absolute atomic E-state index is 0. The van der Waals surface area contributed by atoms with Crippen LogP contribution in [0.4, 0.5) is 0 Å². The van der Waals surface area contributed by atoms with Crippen molar-refractivity contribution in [2.24, 2.45) is 5.90 Å². The molecule has 0 saturated carbocycles. The van der Waals surface area contributed by atoms with Crippen LogP contribution in [0.5, 0.6) is 0 Å². The lowest BCUT2D eigenvalue weighted by atomic mass is 10.5. The number of hydrogen-bond donors (Lipinski definition) is 2. The van der Waals surface area contributed by atoms with Crippen molar-refractivity contribution in [1.29, 1.82) is 0 Å². The number of halogens is 1. The molecule has 1 atom stereocenters. The zero-order chi connectivity index (χ0) is 4.99. The highest BCUT2D eigenvalue weighted by Crippen LogP contribution is 1.73. The summed E-state index contributed by atoms with van der Waals surface area (Å²) >= 11 is 0. The van der Waals surface area contributed by atoms with Crippen LogP contribution >= 0.6 is 12.4 Å². The monoisotopic (exact) mass is 127 g/mol. The average molecular weight is 128 g/mol. The lowest BCUT2D eigenvalue weighted by Gasteiger charge is -1.96. The predicted octanol–water partition coefficient (Wildman–Crippen LogP) is -0.321. The molecule has 0 amide bonds. The number of aliphatic hydroxyl groups excluding tert-OH is 1. The van der Waals surface area contributed by atoms with Crippen molar-refractivity contribution in [1.82, 2.24) is 0 Å². The number of hydrogen-bond acceptors (Lipinski definition) is 3. The molecule has 7 heavy (non-hydrogen) atoms. The Morgan fingerprint density at radius 2 is 2.29 bits per heavy atom. The minimum atomic E-state index is -0.449. The SMILES string of the molecule is CC(O)CON.Cl. The lowest BCUT2D eigenvalue weighted by molar-refractivity contribution is 0.0463. The van der Waals surface area contributed by atoms with Crippen LogP contribution in [0.1, 0.15) is 6.92 Å². The van der Waals surface area contributed by atoms with E-state index in [0.717, 1.165) is 0 Å². The Labute approximate surface area is 48.8 Å². The topological polar surface area (TPSA) is 55.5 Å². The Bertz CT molecular complexity index is 34.1. The molecule has 3 N–H and O–H groups in total. The Hall–Kier alpha value is 0.170. The first-order valence-electron chi connectivity index (χ1n) is 1.77. The number of nitrogens with two attached hydrogens (primary N) is 1. The summed E-state index contributed by atoms with van der Waals surface area (Å²) in [5, 5.41) is 8.35. The van der Waals surface area contributed by atoms with Crippen LogP contribution < -0.4 is 5.90 Å². The summed E-state index contributed by atoms with van der Waals surface area (Å²) in [5.41, 5.74) is 0. The molecule has 0 radical (unpaired) electrons. The van der Waals surface area contributed by atoms with Crippen LogP contribution in [0.3, 0.4) is 0 Å². The maximum absolute atomic E-state index is 8.35. The van der Waals surface area contributed by atoms with Crippen molar-refractivity contribution in [3.63, 3.8) is 0 Å². The van der Waals surface area contributed by atoms with Crippen LogP contribution in [-0.2, 0) is 4.84 Å². The third kappa shape index (κ3) is 10.7. The van der Waals surface area contributed by atoms with E-state index in [-0.39, 0.29) is 19.0 Å². The third-order valence-corrected chi connectivity index (χ3v) is 0.337. The normalized spacial score (nSPS) is 12.4. The average Bonchev–Trinajstić information content (AvgIpc) is 1.35. The van der Waals surface area contributed by atoms with Crippen LogP contribution in [-0.4, -0.2) is 17.8 Å². The van der Waals surface area contributed by atoms with Gasteiger partial charge in [-0.1, -0.05) is 0 Å².